The molecule has 1 unspecified atom stereocenters. The van der Waals surface area contributed by atoms with Crippen LogP contribution in [0.25, 0.3) is 0 Å². The minimum absolute atomic E-state index is 0.0459. The first-order valence-electron chi connectivity index (χ1n) is 9.66. The van der Waals surface area contributed by atoms with Gasteiger partial charge in [-0.1, -0.05) is 34.6 Å². The van der Waals surface area contributed by atoms with Crippen molar-refractivity contribution >= 4 is 11.3 Å². The van der Waals surface area contributed by atoms with Crippen LogP contribution in [-0.4, -0.2) is 12.7 Å². The topological polar surface area (TPSA) is 31.6 Å². The van der Waals surface area contributed by atoms with Crippen LogP contribution in [0.4, 0.5) is 0 Å². The van der Waals surface area contributed by atoms with Crippen molar-refractivity contribution in [3.8, 4) is 0 Å². The van der Waals surface area contributed by atoms with Crippen LogP contribution in [0.5, 0.6) is 0 Å². The lowest BCUT2D eigenvalue weighted by atomic mass is 9.83. The number of hydrogen-bond donors (Lipinski definition) is 0. The highest BCUT2D eigenvalue weighted by molar-refractivity contribution is 7.12. The SMILES string of the molecule is CC(C)(C)c1cc2c(o1)CC(CC(C)(C)c1cc3c(s1)CCOC3)OC2. The number of fused-ring (bicyclic) bond motifs is 2. The average molecular weight is 375 g/mol. The molecule has 4 rings (SSSR count). The van der Waals surface area contributed by atoms with Gasteiger partial charge in [-0.3, -0.25) is 0 Å². The predicted octanol–water partition coefficient (Wildman–Crippen LogP) is 5.52. The van der Waals surface area contributed by atoms with Crippen LogP contribution in [0.2, 0.25) is 0 Å². The summed E-state index contributed by atoms with van der Waals surface area (Å²) in [6.07, 6.45) is 3.16. The molecule has 2 aromatic rings. The molecule has 0 fully saturated rings. The number of rotatable bonds is 3. The van der Waals surface area contributed by atoms with Gasteiger partial charge < -0.3 is 13.9 Å². The zero-order chi connectivity index (χ0) is 18.5. The van der Waals surface area contributed by atoms with Crippen LogP contribution in [0.15, 0.2) is 16.5 Å². The van der Waals surface area contributed by atoms with Gasteiger partial charge in [0.05, 0.1) is 25.9 Å². The van der Waals surface area contributed by atoms with Gasteiger partial charge in [-0.15, -0.1) is 11.3 Å². The van der Waals surface area contributed by atoms with Gasteiger partial charge in [-0.2, -0.15) is 0 Å². The number of ether oxygens (including phenoxy) is 2. The molecular formula is C22H30O3S. The maximum Gasteiger partial charge on any atom is 0.112 e. The Bertz CT molecular complexity index is 767. The van der Waals surface area contributed by atoms with Crippen molar-refractivity contribution in [3.05, 3.63) is 44.5 Å². The highest BCUT2D eigenvalue weighted by Gasteiger charge is 2.33. The maximum absolute atomic E-state index is 6.21. The summed E-state index contributed by atoms with van der Waals surface area (Å²) in [4.78, 5) is 2.96. The van der Waals surface area contributed by atoms with Gasteiger partial charge >= 0.3 is 0 Å². The Balaban J connectivity index is 1.49. The monoisotopic (exact) mass is 374 g/mol. The van der Waals surface area contributed by atoms with Crippen molar-refractivity contribution < 1.29 is 13.9 Å². The van der Waals surface area contributed by atoms with Crippen molar-refractivity contribution in [1.29, 1.82) is 0 Å². The highest BCUT2D eigenvalue weighted by atomic mass is 32.1. The summed E-state index contributed by atoms with van der Waals surface area (Å²) in [5, 5.41) is 0. The quantitative estimate of drug-likeness (QED) is 0.709. The molecule has 2 aliphatic heterocycles. The Morgan fingerprint density at radius 2 is 1.88 bits per heavy atom. The fourth-order valence-corrected chi connectivity index (χ4v) is 5.15. The Labute approximate surface area is 160 Å². The van der Waals surface area contributed by atoms with Crippen molar-refractivity contribution in [2.75, 3.05) is 6.61 Å². The molecule has 142 valence electrons. The largest absolute Gasteiger partial charge is 0.465 e. The Morgan fingerprint density at radius 1 is 1.08 bits per heavy atom. The van der Waals surface area contributed by atoms with E-state index in [1.54, 1.807) is 0 Å². The fraction of sp³-hybridized carbons (Fsp3) is 0.636. The molecule has 0 saturated carbocycles. The van der Waals surface area contributed by atoms with Crippen molar-refractivity contribution in [2.24, 2.45) is 0 Å². The third-order valence-corrected chi connectivity index (χ3v) is 7.16. The summed E-state index contributed by atoms with van der Waals surface area (Å²) in [5.74, 6) is 2.19. The molecule has 3 nitrogen and oxygen atoms in total. The molecule has 0 saturated heterocycles. The van der Waals surface area contributed by atoms with E-state index in [-0.39, 0.29) is 16.9 Å². The van der Waals surface area contributed by atoms with Crippen LogP contribution in [-0.2, 0) is 46.4 Å². The molecule has 2 aliphatic rings. The average Bonchev–Trinajstić information content (AvgIpc) is 3.18. The summed E-state index contributed by atoms with van der Waals surface area (Å²) >= 11 is 1.96. The predicted molar refractivity (Wildman–Crippen MR) is 105 cm³/mol. The minimum Gasteiger partial charge on any atom is -0.465 e. The first-order valence-corrected chi connectivity index (χ1v) is 10.5. The van der Waals surface area contributed by atoms with Gasteiger partial charge in [0.15, 0.2) is 0 Å². The number of thiophene rings is 1. The van der Waals surface area contributed by atoms with E-state index in [4.69, 9.17) is 13.9 Å². The Hall–Kier alpha value is -1.10. The van der Waals surface area contributed by atoms with Crippen LogP contribution in [0, 0.1) is 0 Å². The van der Waals surface area contributed by atoms with Gasteiger partial charge in [0.25, 0.3) is 0 Å². The van der Waals surface area contributed by atoms with E-state index in [9.17, 15) is 0 Å². The van der Waals surface area contributed by atoms with E-state index in [1.165, 1.54) is 20.9 Å². The number of hydrogen-bond acceptors (Lipinski definition) is 4. The summed E-state index contributed by atoms with van der Waals surface area (Å²) in [7, 11) is 0. The molecule has 0 bridgehead atoms. The van der Waals surface area contributed by atoms with Crippen LogP contribution in [0.3, 0.4) is 0 Å². The molecule has 26 heavy (non-hydrogen) atoms. The van der Waals surface area contributed by atoms with E-state index < -0.39 is 0 Å². The van der Waals surface area contributed by atoms with E-state index in [1.807, 2.05) is 11.3 Å². The summed E-state index contributed by atoms with van der Waals surface area (Å²) in [6.45, 7) is 13.6. The first kappa shape index (κ1) is 18.3. The molecule has 0 aliphatic carbocycles. The first-order chi connectivity index (χ1) is 12.2. The number of furan rings is 1. The minimum atomic E-state index is 0.0459. The second-order valence-electron chi connectivity index (χ2n) is 9.40. The standard InChI is InChI=1S/C22H30O3S/c1-21(2,3)19-8-14-13-24-16(10-17(14)25-19)11-22(4,5)20-9-15-12-23-7-6-18(15)26-20/h8-9,16H,6-7,10-13H2,1-5H3. The lowest BCUT2D eigenvalue weighted by molar-refractivity contribution is 0.00655. The molecule has 2 aromatic heterocycles. The molecule has 4 heteroatoms. The summed E-state index contributed by atoms with van der Waals surface area (Å²) < 4.78 is 18.0. The molecule has 1 atom stereocenters. The second-order valence-corrected chi connectivity index (χ2v) is 10.5. The van der Waals surface area contributed by atoms with Gasteiger partial charge in [0.1, 0.15) is 11.5 Å². The Morgan fingerprint density at radius 3 is 2.62 bits per heavy atom. The second kappa shape index (κ2) is 6.50. The smallest absolute Gasteiger partial charge is 0.112 e. The zero-order valence-corrected chi connectivity index (χ0v) is 17.4. The van der Waals surface area contributed by atoms with Gasteiger partial charge in [0.2, 0.25) is 0 Å². The summed E-state index contributed by atoms with van der Waals surface area (Å²) in [5.41, 5.74) is 2.76. The van der Waals surface area contributed by atoms with Crippen LogP contribution < -0.4 is 0 Å². The maximum atomic E-state index is 6.21. The van der Waals surface area contributed by atoms with E-state index in [0.717, 1.165) is 44.0 Å². The van der Waals surface area contributed by atoms with Crippen LogP contribution in [0.1, 0.15) is 73.4 Å². The van der Waals surface area contributed by atoms with Gasteiger partial charge in [0, 0.05) is 39.0 Å². The van der Waals surface area contributed by atoms with Crippen molar-refractivity contribution in [1.82, 2.24) is 0 Å². The molecule has 0 N–H and O–H groups in total. The molecular weight excluding hydrogens is 344 g/mol. The lowest BCUT2D eigenvalue weighted by Crippen LogP contribution is -2.29. The highest BCUT2D eigenvalue weighted by Crippen LogP contribution is 2.40. The van der Waals surface area contributed by atoms with Crippen LogP contribution >= 0.6 is 11.3 Å². The lowest BCUT2D eigenvalue weighted by Gasteiger charge is -2.31. The van der Waals surface area contributed by atoms with E-state index in [0.29, 0.717) is 6.61 Å². The zero-order valence-electron chi connectivity index (χ0n) is 16.6. The molecule has 0 amide bonds. The van der Waals surface area contributed by atoms with Gasteiger partial charge in [-0.05, 0) is 24.1 Å². The van der Waals surface area contributed by atoms with Crippen molar-refractivity contribution in [2.45, 2.75) is 84.0 Å². The molecule has 0 radical (unpaired) electrons. The third-order valence-electron chi connectivity index (χ3n) is 5.56. The molecule has 4 heterocycles. The van der Waals surface area contributed by atoms with E-state index >= 15 is 0 Å². The molecule has 0 spiro atoms. The summed E-state index contributed by atoms with van der Waals surface area (Å²) in [6, 6.07) is 4.54. The normalized spacial score (nSPS) is 20.7. The van der Waals surface area contributed by atoms with Gasteiger partial charge in [-0.25, -0.2) is 0 Å². The Kier molecular flexibility index (Phi) is 4.57. The van der Waals surface area contributed by atoms with Crippen molar-refractivity contribution in [3.63, 3.8) is 0 Å². The molecule has 0 aromatic carbocycles. The van der Waals surface area contributed by atoms with E-state index in [2.05, 4.69) is 46.8 Å². The fourth-order valence-electron chi connectivity index (χ4n) is 3.89. The third kappa shape index (κ3) is 3.51.